The maximum atomic E-state index is 14.3. The van der Waals surface area contributed by atoms with Gasteiger partial charge in [-0.2, -0.15) is 0 Å². The molecule has 106 valence electrons. The number of hydrogen-bond acceptors (Lipinski definition) is 3. The van der Waals surface area contributed by atoms with Gasteiger partial charge in [0, 0.05) is 36.7 Å². The molecule has 19 heavy (non-hydrogen) atoms. The Morgan fingerprint density at radius 2 is 2.05 bits per heavy atom. The molecule has 0 atom stereocenters. The molecule has 2 rings (SSSR count). The highest BCUT2D eigenvalue weighted by atomic mass is 79.9. The average molecular weight is 351 g/mol. The largest absolute Gasteiger partial charge is 0.310 e. The molecule has 7 heteroatoms. The summed E-state index contributed by atoms with van der Waals surface area (Å²) in [6.07, 6.45) is 2.19. The summed E-state index contributed by atoms with van der Waals surface area (Å²) in [6, 6.07) is 3.34. The van der Waals surface area contributed by atoms with Crippen molar-refractivity contribution < 1.29 is 12.8 Å². The molecule has 1 aliphatic rings. The first-order valence-electron chi connectivity index (χ1n) is 5.96. The van der Waals surface area contributed by atoms with Gasteiger partial charge in [-0.05, 0) is 25.0 Å². The fourth-order valence-corrected chi connectivity index (χ4v) is 3.36. The summed E-state index contributed by atoms with van der Waals surface area (Å²) in [4.78, 5) is -0.292. The first kappa shape index (κ1) is 14.9. The van der Waals surface area contributed by atoms with Crippen molar-refractivity contribution in [2.24, 2.45) is 0 Å². The van der Waals surface area contributed by atoms with Gasteiger partial charge >= 0.3 is 0 Å². The van der Waals surface area contributed by atoms with Crippen molar-refractivity contribution in [1.82, 2.24) is 9.62 Å². The number of sulfonamides is 1. The highest BCUT2D eigenvalue weighted by Gasteiger charge is 2.26. The van der Waals surface area contributed by atoms with Gasteiger partial charge in [0.25, 0.3) is 0 Å². The molecule has 1 saturated carbocycles. The van der Waals surface area contributed by atoms with Crippen LogP contribution in [0.3, 0.4) is 0 Å². The maximum Gasteiger partial charge on any atom is 0.245 e. The molecular weight excluding hydrogens is 335 g/mol. The number of benzene rings is 1. The zero-order chi connectivity index (χ0) is 14.2. The third-order valence-electron chi connectivity index (χ3n) is 3.00. The second-order valence-electron chi connectivity index (χ2n) is 4.82. The Morgan fingerprint density at radius 3 is 2.58 bits per heavy atom. The molecule has 0 aromatic heterocycles. The number of halogens is 2. The average Bonchev–Trinajstić information content (AvgIpc) is 3.13. The van der Waals surface area contributed by atoms with Gasteiger partial charge in [0.2, 0.25) is 10.0 Å². The summed E-state index contributed by atoms with van der Waals surface area (Å²) in [7, 11) is -1.00. The van der Waals surface area contributed by atoms with Gasteiger partial charge < -0.3 is 5.32 Å². The van der Waals surface area contributed by atoms with Crippen LogP contribution in [0.1, 0.15) is 18.4 Å². The minimum Gasteiger partial charge on any atom is -0.310 e. The summed E-state index contributed by atoms with van der Waals surface area (Å²) < 4.78 is 40.0. The summed E-state index contributed by atoms with van der Waals surface area (Å²) >= 11 is 3.23. The van der Waals surface area contributed by atoms with Crippen molar-refractivity contribution in [2.75, 3.05) is 14.1 Å². The smallest absolute Gasteiger partial charge is 0.245 e. The van der Waals surface area contributed by atoms with Gasteiger partial charge in [0.15, 0.2) is 0 Å². The maximum absolute atomic E-state index is 14.3. The van der Waals surface area contributed by atoms with Crippen molar-refractivity contribution in [1.29, 1.82) is 0 Å². The minimum atomic E-state index is -3.77. The lowest BCUT2D eigenvalue weighted by Gasteiger charge is -2.15. The van der Waals surface area contributed by atoms with E-state index in [0.29, 0.717) is 22.6 Å². The lowest BCUT2D eigenvalue weighted by atomic mass is 10.2. The van der Waals surface area contributed by atoms with Crippen molar-refractivity contribution in [3.63, 3.8) is 0 Å². The molecule has 0 radical (unpaired) electrons. The van der Waals surface area contributed by atoms with E-state index >= 15 is 0 Å². The van der Waals surface area contributed by atoms with E-state index in [1.165, 1.54) is 20.2 Å². The van der Waals surface area contributed by atoms with Crippen LogP contribution in [0.5, 0.6) is 0 Å². The van der Waals surface area contributed by atoms with Crippen LogP contribution in [-0.2, 0) is 16.6 Å². The predicted octanol–water partition coefficient (Wildman–Crippen LogP) is 2.09. The highest BCUT2D eigenvalue weighted by molar-refractivity contribution is 9.10. The van der Waals surface area contributed by atoms with E-state index in [1.54, 1.807) is 6.07 Å². The van der Waals surface area contributed by atoms with Crippen LogP contribution in [0.25, 0.3) is 0 Å². The van der Waals surface area contributed by atoms with Crippen LogP contribution in [0, 0.1) is 5.82 Å². The molecule has 1 N–H and O–H groups in total. The fourth-order valence-electron chi connectivity index (χ4n) is 1.67. The van der Waals surface area contributed by atoms with E-state index in [0.717, 1.165) is 17.1 Å². The molecule has 0 amide bonds. The zero-order valence-corrected chi connectivity index (χ0v) is 13.2. The number of hydrogen-bond donors (Lipinski definition) is 1. The quantitative estimate of drug-likeness (QED) is 0.884. The first-order chi connectivity index (χ1) is 8.82. The Bertz CT molecular complexity index is 586. The Kier molecular flexibility index (Phi) is 4.29. The SMILES string of the molecule is CN(C)S(=O)(=O)c1cc(Br)cc(CNC2CC2)c1F. The predicted molar refractivity (Wildman–Crippen MR) is 74.8 cm³/mol. The van der Waals surface area contributed by atoms with Crippen LogP contribution in [0.15, 0.2) is 21.5 Å². The van der Waals surface area contributed by atoms with E-state index in [4.69, 9.17) is 0 Å². The Hall–Kier alpha value is -0.500. The Labute approximate surface area is 121 Å². The van der Waals surface area contributed by atoms with Crippen molar-refractivity contribution in [3.8, 4) is 0 Å². The van der Waals surface area contributed by atoms with Crippen LogP contribution in [0.2, 0.25) is 0 Å². The molecule has 0 saturated heterocycles. The summed E-state index contributed by atoms with van der Waals surface area (Å²) in [5, 5.41) is 3.18. The molecule has 1 aliphatic carbocycles. The zero-order valence-electron chi connectivity index (χ0n) is 10.8. The van der Waals surface area contributed by atoms with Crippen LogP contribution < -0.4 is 5.32 Å². The van der Waals surface area contributed by atoms with Crippen molar-refractivity contribution in [2.45, 2.75) is 30.3 Å². The Morgan fingerprint density at radius 1 is 1.42 bits per heavy atom. The molecule has 1 fully saturated rings. The molecule has 0 spiro atoms. The van der Waals surface area contributed by atoms with Crippen molar-refractivity contribution in [3.05, 3.63) is 28.0 Å². The highest BCUT2D eigenvalue weighted by Crippen LogP contribution is 2.27. The van der Waals surface area contributed by atoms with Crippen LogP contribution in [-0.4, -0.2) is 32.9 Å². The fraction of sp³-hybridized carbons (Fsp3) is 0.500. The Balaban J connectivity index is 2.38. The van der Waals surface area contributed by atoms with E-state index in [-0.39, 0.29) is 4.90 Å². The summed E-state index contributed by atoms with van der Waals surface area (Å²) in [5.41, 5.74) is 0.363. The minimum absolute atomic E-state index is 0.292. The number of rotatable bonds is 5. The monoisotopic (exact) mass is 350 g/mol. The molecule has 1 aromatic rings. The van der Waals surface area contributed by atoms with E-state index < -0.39 is 15.8 Å². The van der Waals surface area contributed by atoms with Gasteiger partial charge in [-0.25, -0.2) is 17.1 Å². The molecule has 0 bridgehead atoms. The molecular formula is C12H16BrFN2O2S. The molecule has 0 aliphatic heterocycles. The second-order valence-corrected chi connectivity index (χ2v) is 7.86. The van der Waals surface area contributed by atoms with E-state index in [2.05, 4.69) is 21.2 Å². The lowest BCUT2D eigenvalue weighted by Crippen LogP contribution is -2.24. The molecule has 0 unspecified atom stereocenters. The molecule has 4 nitrogen and oxygen atoms in total. The van der Waals surface area contributed by atoms with Crippen LogP contribution >= 0.6 is 15.9 Å². The van der Waals surface area contributed by atoms with E-state index in [1.807, 2.05) is 0 Å². The van der Waals surface area contributed by atoms with Gasteiger partial charge in [0.1, 0.15) is 10.7 Å². The normalized spacial score (nSPS) is 16.1. The molecule has 1 aromatic carbocycles. The third-order valence-corrected chi connectivity index (χ3v) is 5.27. The molecule has 0 heterocycles. The standard InChI is InChI=1S/C12H16BrFN2O2S/c1-16(2)19(17,18)11-6-9(13)5-8(12(11)14)7-15-10-3-4-10/h5-6,10,15H,3-4,7H2,1-2H3. The van der Waals surface area contributed by atoms with Gasteiger partial charge in [0.05, 0.1) is 0 Å². The van der Waals surface area contributed by atoms with E-state index in [9.17, 15) is 12.8 Å². The summed E-state index contributed by atoms with van der Waals surface area (Å²) in [5.74, 6) is -0.676. The van der Waals surface area contributed by atoms with Crippen LogP contribution in [0.4, 0.5) is 4.39 Å². The van der Waals surface area contributed by atoms with Gasteiger partial charge in [-0.15, -0.1) is 0 Å². The van der Waals surface area contributed by atoms with Crippen molar-refractivity contribution >= 4 is 26.0 Å². The first-order valence-corrected chi connectivity index (χ1v) is 8.19. The topological polar surface area (TPSA) is 49.4 Å². The van der Waals surface area contributed by atoms with Gasteiger partial charge in [-0.1, -0.05) is 15.9 Å². The summed E-state index contributed by atoms with van der Waals surface area (Å²) in [6.45, 7) is 0.339. The number of nitrogens with one attached hydrogen (secondary N) is 1. The lowest BCUT2D eigenvalue weighted by molar-refractivity contribution is 0.502. The second kappa shape index (κ2) is 5.47. The number of nitrogens with zero attached hydrogens (tertiary/aromatic N) is 1. The van der Waals surface area contributed by atoms with Gasteiger partial charge in [-0.3, -0.25) is 0 Å². The third kappa shape index (κ3) is 3.34.